The molecule has 1 aromatic carbocycles. The predicted octanol–water partition coefficient (Wildman–Crippen LogP) is 2.03. The van der Waals surface area contributed by atoms with Crippen molar-refractivity contribution in [2.75, 3.05) is 19.0 Å². The van der Waals surface area contributed by atoms with Gasteiger partial charge in [0.25, 0.3) is 0 Å². The number of carbonyl (C=O) groups is 1. The largest absolute Gasteiger partial charge is 0.496 e. The van der Waals surface area contributed by atoms with Gasteiger partial charge in [0, 0.05) is 30.3 Å². The lowest BCUT2D eigenvalue weighted by molar-refractivity contribution is -0.116. The van der Waals surface area contributed by atoms with Crippen molar-refractivity contribution in [3.63, 3.8) is 0 Å². The van der Waals surface area contributed by atoms with Crippen LogP contribution in [0.2, 0.25) is 0 Å². The van der Waals surface area contributed by atoms with Crippen molar-refractivity contribution in [3.8, 4) is 5.75 Å². The van der Waals surface area contributed by atoms with Crippen LogP contribution >= 0.6 is 11.3 Å². The Labute approximate surface area is 121 Å². The summed E-state index contributed by atoms with van der Waals surface area (Å²) in [7, 11) is 1.65. The van der Waals surface area contributed by atoms with Gasteiger partial charge in [-0.05, 0) is 6.07 Å². The SMILES string of the molecule is COc1ccccc1Cc1csc(NC(=O)CCN)n1. The van der Waals surface area contributed by atoms with E-state index in [1.807, 2.05) is 29.6 Å². The number of hydrogen-bond acceptors (Lipinski definition) is 5. The molecule has 2 rings (SSSR count). The molecule has 0 spiro atoms. The fraction of sp³-hybridized carbons (Fsp3) is 0.286. The van der Waals surface area contributed by atoms with Crippen molar-refractivity contribution >= 4 is 22.4 Å². The number of nitrogens with two attached hydrogens (primary N) is 1. The number of anilines is 1. The second kappa shape index (κ2) is 7.02. The van der Waals surface area contributed by atoms with Crippen LogP contribution in [0.25, 0.3) is 0 Å². The lowest BCUT2D eigenvalue weighted by Crippen LogP contribution is -2.16. The number of methoxy groups -OCH3 is 1. The highest BCUT2D eigenvalue weighted by molar-refractivity contribution is 7.13. The summed E-state index contributed by atoms with van der Waals surface area (Å²) >= 11 is 1.41. The van der Waals surface area contributed by atoms with Crippen LogP contribution in [0, 0.1) is 0 Å². The number of nitrogens with zero attached hydrogens (tertiary/aromatic N) is 1. The minimum Gasteiger partial charge on any atom is -0.496 e. The molecule has 0 saturated heterocycles. The molecule has 0 atom stereocenters. The summed E-state index contributed by atoms with van der Waals surface area (Å²) in [6, 6.07) is 7.83. The zero-order valence-corrected chi connectivity index (χ0v) is 12.1. The minimum absolute atomic E-state index is 0.106. The Morgan fingerprint density at radius 2 is 2.25 bits per heavy atom. The lowest BCUT2D eigenvalue weighted by Gasteiger charge is -2.06. The summed E-state index contributed by atoms with van der Waals surface area (Å²) in [4.78, 5) is 15.8. The van der Waals surface area contributed by atoms with Crippen LogP contribution in [0.3, 0.4) is 0 Å². The van der Waals surface area contributed by atoms with Gasteiger partial charge >= 0.3 is 0 Å². The number of hydrogen-bond donors (Lipinski definition) is 2. The number of ether oxygens (including phenoxy) is 1. The van der Waals surface area contributed by atoms with E-state index in [2.05, 4.69) is 10.3 Å². The Hall–Kier alpha value is -1.92. The molecule has 2 aromatic rings. The molecular weight excluding hydrogens is 274 g/mol. The number of rotatable bonds is 6. The molecule has 0 bridgehead atoms. The number of para-hydroxylation sites is 1. The van der Waals surface area contributed by atoms with Gasteiger partial charge in [-0.25, -0.2) is 4.98 Å². The molecule has 0 saturated carbocycles. The van der Waals surface area contributed by atoms with Crippen LogP contribution in [-0.2, 0) is 11.2 Å². The Bertz CT molecular complexity index is 583. The maximum atomic E-state index is 11.4. The average Bonchev–Trinajstić information content (AvgIpc) is 2.87. The molecule has 0 fully saturated rings. The first-order valence-corrected chi connectivity index (χ1v) is 7.17. The number of benzene rings is 1. The molecule has 1 amide bonds. The average molecular weight is 291 g/mol. The Balaban J connectivity index is 2.04. The third-order valence-corrected chi connectivity index (χ3v) is 3.54. The van der Waals surface area contributed by atoms with Crippen molar-refractivity contribution < 1.29 is 9.53 Å². The van der Waals surface area contributed by atoms with Gasteiger partial charge in [-0.3, -0.25) is 4.79 Å². The van der Waals surface area contributed by atoms with Crippen LogP contribution < -0.4 is 15.8 Å². The molecule has 5 nitrogen and oxygen atoms in total. The van der Waals surface area contributed by atoms with Crippen LogP contribution in [0.15, 0.2) is 29.6 Å². The number of aromatic nitrogens is 1. The summed E-state index contributed by atoms with van der Waals surface area (Å²) < 4.78 is 5.31. The topological polar surface area (TPSA) is 77.2 Å². The van der Waals surface area contributed by atoms with Gasteiger partial charge in [-0.1, -0.05) is 18.2 Å². The third-order valence-electron chi connectivity index (χ3n) is 2.73. The Kier molecular flexibility index (Phi) is 5.09. The van der Waals surface area contributed by atoms with Gasteiger partial charge < -0.3 is 15.8 Å². The number of nitrogens with one attached hydrogen (secondary N) is 1. The molecule has 6 heteroatoms. The molecule has 0 unspecified atom stereocenters. The van der Waals surface area contributed by atoms with E-state index >= 15 is 0 Å². The molecule has 0 aliphatic heterocycles. The maximum Gasteiger partial charge on any atom is 0.227 e. The van der Waals surface area contributed by atoms with E-state index in [0.29, 0.717) is 24.5 Å². The van der Waals surface area contributed by atoms with Crippen molar-refractivity contribution in [3.05, 3.63) is 40.9 Å². The summed E-state index contributed by atoms with van der Waals surface area (Å²) in [5.41, 5.74) is 7.31. The monoisotopic (exact) mass is 291 g/mol. The van der Waals surface area contributed by atoms with E-state index in [1.54, 1.807) is 7.11 Å². The molecule has 106 valence electrons. The van der Waals surface area contributed by atoms with Gasteiger partial charge in [0.05, 0.1) is 12.8 Å². The van der Waals surface area contributed by atoms with Crippen LogP contribution in [-0.4, -0.2) is 24.5 Å². The third kappa shape index (κ3) is 3.79. The second-order valence-electron chi connectivity index (χ2n) is 4.22. The van der Waals surface area contributed by atoms with Crippen LogP contribution in [0.4, 0.5) is 5.13 Å². The summed E-state index contributed by atoms with van der Waals surface area (Å²) in [5.74, 6) is 0.736. The van der Waals surface area contributed by atoms with Crippen molar-refractivity contribution in [1.82, 2.24) is 4.98 Å². The summed E-state index contributed by atoms with van der Waals surface area (Å²) in [6.07, 6.45) is 0.981. The normalized spacial score (nSPS) is 10.3. The molecule has 0 aliphatic rings. The summed E-state index contributed by atoms with van der Waals surface area (Å²) in [6.45, 7) is 0.339. The van der Waals surface area contributed by atoms with E-state index in [0.717, 1.165) is 17.0 Å². The van der Waals surface area contributed by atoms with Crippen molar-refractivity contribution in [2.45, 2.75) is 12.8 Å². The predicted molar refractivity (Wildman–Crippen MR) is 80.2 cm³/mol. The molecule has 0 radical (unpaired) electrons. The number of thiazole rings is 1. The van der Waals surface area contributed by atoms with E-state index in [-0.39, 0.29) is 5.91 Å². The van der Waals surface area contributed by atoms with E-state index in [4.69, 9.17) is 10.5 Å². The fourth-order valence-electron chi connectivity index (χ4n) is 1.80. The zero-order valence-electron chi connectivity index (χ0n) is 11.3. The Morgan fingerprint density at radius 3 is 3.00 bits per heavy atom. The Morgan fingerprint density at radius 1 is 1.45 bits per heavy atom. The van der Waals surface area contributed by atoms with Gasteiger partial charge in [0.2, 0.25) is 5.91 Å². The number of amides is 1. The minimum atomic E-state index is -0.106. The van der Waals surface area contributed by atoms with Crippen molar-refractivity contribution in [2.24, 2.45) is 5.73 Å². The molecule has 20 heavy (non-hydrogen) atoms. The fourth-order valence-corrected chi connectivity index (χ4v) is 2.53. The quantitative estimate of drug-likeness (QED) is 0.853. The van der Waals surface area contributed by atoms with Crippen molar-refractivity contribution in [1.29, 1.82) is 0 Å². The molecule has 1 aromatic heterocycles. The first kappa shape index (κ1) is 14.5. The van der Waals surface area contributed by atoms with E-state index < -0.39 is 0 Å². The van der Waals surface area contributed by atoms with Gasteiger partial charge in [0.15, 0.2) is 5.13 Å². The van der Waals surface area contributed by atoms with Gasteiger partial charge in [0.1, 0.15) is 5.75 Å². The van der Waals surface area contributed by atoms with Crippen LogP contribution in [0.5, 0.6) is 5.75 Å². The van der Waals surface area contributed by atoms with Gasteiger partial charge in [-0.15, -0.1) is 11.3 Å². The smallest absolute Gasteiger partial charge is 0.227 e. The highest BCUT2D eigenvalue weighted by Gasteiger charge is 2.08. The lowest BCUT2D eigenvalue weighted by atomic mass is 10.1. The number of carbonyl (C=O) groups excluding carboxylic acids is 1. The van der Waals surface area contributed by atoms with E-state index in [1.165, 1.54) is 11.3 Å². The highest BCUT2D eigenvalue weighted by atomic mass is 32.1. The summed E-state index contributed by atoms with van der Waals surface area (Å²) in [5, 5.41) is 5.27. The molecule has 3 N–H and O–H groups in total. The highest BCUT2D eigenvalue weighted by Crippen LogP contribution is 2.23. The van der Waals surface area contributed by atoms with Gasteiger partial charge in [-0.2, -0.15) is 0 Å². The standard InChI is InChI=1S/C14H17N3O2S/c1-19-12-5-3-2-4-10(12)8-11-9-20-14(16-11)17-13(18)6-7-15/h2-5,9H,6-8,15H2,1H3,(H,16,17,18). The maximum absolute atomic E-state index is 11.4. The molecular formula is C14H17N3O2S. The molecule has 0 aliphatic carbocycles. The first-order valence-electron chi connectivity index (χ1n) is 6.29. The first-order chi connectivity index (χ1) is 9.72. The molecule has 1 heterocycles. The second-order valence-corrected chi connectivity index (χ2v) is 5.08. The van der Waals surface area contributed by atoms with Crippen LogP contribution in [0.1, 0.15) is 17.7 Å². The zero-order chi connectivity index (χ0) is 14.4. The van der Waals surface area contributed by atoms with E-state index in [9.17, 15) is 4.79 Å².